The lowest BCUT2D eigenvalue weighted by Gasteiger charge is -1.96. The van der Waals surface area contributed by atoms with Crippen LogP contribution < -0.4 is 5.14 Å². The maximum Gasteiger partial charge on any atom is 0.213 e. The van der Waals surface area contributed by atoms with Gasteiger partial charge < -0.3 is 4.79 Å². The molecule has 0 unspecified atom stereocenters. The molecule has 5 heteroatoms. The van der Waals surface area contributed by atoms with Crippen molar-refractivity contribution in [2.45, 2.75) is 5.75 Å². The summed E-state index contributed by atoms with van der Waals surface area (Å²) in [5.41, 5.74) is 0.718. The van der Waals surface area contributed by atoms with Crippen molar-refractivity contribution in [3.63, 3.8) is 0 Å². The zero-order valence-corrected chi connectivity index (χ0v) is 7.83. The van der Waals surface area contributed by atoms with Gasteiger partial charge in [0.05, 0.1) is 5.75 Å². The minimum Gasteiger partial charge on any atom is -0.307 e. The molecule has 2 N–H and O–H groups in total. The van der Waals surface area contributed by atoms with Gasteiger partial charge in [0.2, 0.25) is 10.0 Å². The van der Waals surface area contributed by atoms with Crippen molar-refractivity contribution in [2.24, 2.45) is 5.14 Å². The zero-order chi connectivity index (χ0) is 10.3. The first-order valence-electron chi connectivity index (χ1n) is 3.41. The van der Waals surface area contributed by atoms with E-state index in [4.69, 9.17) is 9.93 Å². The van der Waals surface area contributed by atoms with Gasteiger partial charge in [0.15, 0.2) is 0 Å². The number of nitrogens with two attached hydrogens (primary N) is 1. The summed E-state index contributed by atoms with van der Waals surface area (Å²) in [5.74, 6) is -0.0894. The molecule has 1 aromatic carbocycles. The van der Waals surface area contributed by atoms with E-state index >= 15 is 0 Å². The lowest BCUT2D eigenvalue weighted by Crippen LogP contribution is -2.14. The van der Waals surface area contributed by atoms with E-state index in [1.807, 2.05) is 12.9 Å². The smallest absolute Gasteiger partial charge is 0.213 e. The minimum absolute atomic E-state index is 0.0894. The van der Waals surface area contributed by atoms with E-state index in [-0.39, 0.29) is 5.75 Å². The molecule has 0 aromatic heterocycles. The Labute approximate surface area is 77.4 Å². The Bertz CT molecular complexity index is 334. The van der Waals surface area contributed by atoms with Crippen LogP contribution in [0.25, 0.3) is 0 Å². The fraction of sp³-hybridized carbons (Fsp3) is 0.125. The van der Waals surface area contributed by atoms with Crippen LogP contribution in [0.3, 0.4) is 0 Å². The molecule has 0 amide bonds. The van der Waals surface area contributed by atoms with E-state index in [0.717, 1.165) is 5.56 Å². The van der Waals surface area contributed by atoms with E-state index in [1.54, 1.807) is 24.3 Å². The van der Waals surface area contributed by atoms with Gasteiger partial charge in [0.1, 0.15) is 6.79 Å². The van der Waals surface area contributed by atoms with Crippen molar-refractivity contribution in [2.75, 3.05) is 0 Å². The highest BCUT2D eigenvalue weighted by molar-refractivity contribution is 7.88. The molecule has 1 rings (SSSR count). The van der Waals surface area contributed by atoms with Crippen LogP contribution in [0.4, 0.5) is 0 Å². The maximum absolute atomic E-state index is 10.6. The van der Waals surface area contributed by atoms with Gasteiger partial charge in [-0.3, -0.25) is 0 Å². The lowest BCUT2D eigenvalue weighted by atomic mass is 10.2. The molecule has 72 valence electrons. The number of hydrogen-bond donors (Lipinski definition) is 1. The minimum atomic E-state index is -3.38. The molecule has 0 atom stereocenters. The van der Waals surface area contributed by atoms with Crippen LogP contribution in [0, 0.1) is 0 Å². The number of rotatable bonds is 2. The fourth-order valence-electron chi connectivity index (χ4n) is 0.807. The molecule has 0 aliphatic carbocycles. The van der Waals surface area contributed by atoms with E-state index < -0.39 is 10.0 Å². The second-order valence-corrected chi connectivity index (χ2v) is 3.91. The first-order valence-corrected chi connectivity index (χ1v) is 5.13. The molecule has 0 aliphatic rings. The van der Waals surface area contributed by atoms with Crippen LogP contribution >= 0.6 is 0 Å². The monoisotopic (exact) mass is 201 g/mol. The summed E-state index contributed by atoms with van der Waals surface area (Å²) < 4.78 is 21.2. The third-order valence-corrected chi connectivity index (χ3v) is 1.95. The number of carbonyl (C=O) groups is 1. The van der Waals surface area contributed by atoms with Gasteiger partial charge in [0.25, 0.3) is 0 Å². The highest BCUT2D eigenvalue weighted by Gasteiger charge is 2.02. The number of benzene rings is 1. The van der Waals surface area contributed by atoms with Gasteiger partial charge in [-0.15, -0.1) is 0 Å². The Morgan fingerprint density at radius 3 is 2.00 bits per heavy atom. The van der Waals surface area contributed by atoms with Gasteiger partial charge in [-0.2, -0.15) is 0 Å². The molecule has 4 nitrogen and oxygen atoms in total. The topological polar surface area (TPSA) is 77.2 Å². The summed E-state index contributed by atoms with van der Waals surface area (Å²) in [6, 6.07) is 8.84. The Morgan fingerprint density at radius 1 is 1.15 bits per heavy atom. The summed E-state index contributed by atoms with van der Waals surface area (Å²) in [6.45, 7) is 2.00. The second-order valence-electron chi connectivity index (χ2n) is 2.29. The molecule has 0 radical (unpaired) electrons. The Kier molecular flexibility index (Phi) is 4.94. The quantitative estimate of drug-likeness (QED) is 0.747. The molecule has 0 spiro atoms. The number of carbonyl (C=O) groups excluding carboxylic acids is 1. The summed E-state index contributed by atoms with van der Waals surface area (Å²) in [5, 5.41) is 4.84. The molecular weight excluding hydrogens is 190 g/mol. The predicted molar refractivity (Wildman–Crippen MR) is 50.4 cm³/mol. The zero-order valence-electron chi connectivity index (χ0n) is 7.01. The van der Waals surface area contributed by atoms with Crippen molar-refractivity contribution in [1.82, 2.24) is 0 Å². The van der Waals surface area contributed by atoms with Crippen LogP contribution in [0.1, 0.15) is 5.56 Å². The standard InChI is InChI=1S/C7H9NO2S.CH2O/c8-11(9,10)6-7-4-2-1-3-5-7;1-2/h1-5H,6H2,(H2,8,9,10);1H2. The van der Waals surface area contributed by atoms with Crippen molar-refractivity contribution >= 4 is 16.8 Å². The molecule has 0 bridgehead atoms. The summed E-state index contributed by atoms with van der Waals surface area (Å²) in [6.07, 6.45) is 0. The molecule has 13 heavy (non-hydrogen) atoms. The molecule has 0 aliphatic heterocycles. The predicted octanol–water partition coefficient (Wildman–Crippen LogP) is 0.290. The largest absolute Gasteiger partial charge is 0.307 e. The number of hydrogen-bond acceptors (Lipinski definition) is 3. The normalized spacial score (nSPS) is 9.92. The van der Waals surface area contributed by atoms with Crippen molar-refractivity contribution in [1.29, 1.82) is 0 Å². The molecule has 0 saturated carbocycles. The maximum atomic E-state index is 10.6. The van der Waals surface area contributed by atoms with E-state index in [9.17, 15) is 8.42 Å². The second kappa shape index (κ2) is 5.45. The first kappa shape index (κ1) is 11.8. The fourth-order valence-corrected chi connectivity index (χ4v) is 1.46. The van der Waals surface area contributed by atoms with Gasteiger partial charge in [-0.25, -0.2) is 13.6 Å². The first-order chi connectivity index (χ1) is 6.08. The van der Waals surface area contributed by atoms with Crippen LogP contribution in [0.2, 0.25) is 0 Å². The molecule has 0 saturated heterocycles. The van der Waals surface area contributed by atoms with Crippen molar-refractivity contribution in [3.05, 3.63) is 35.9 Å². The summed E-state index contributed by atoms with van der Waals surface area (Å²) >= 11 is 0. The van der Waals surface area contributed by atoms with Gasteiger partial charge >= 0.3 is 0 Å². The lowest BCUT2D eigenvalue weighted by molar-refractivity contribution is -0.0979. The Hall–Kier alpha value is -1.20. The van der Waals surface area contributed by atoms with E-state index in [2.05, 4.69) is 0 Å². The number of primary sulfonamides is 1. The summed E-state index contributed by atoms with van der Waals surface area (Å²) in [4.78, 5) is 8.00. The van der Waals surface area contributed by atoms with Crippen molar-refractivity contribution in [3.8, 4) is 0 Å². The van der Waals surface area contributed by atoms with Crippen LogP contribution in [-0.2, 0) is 20.6 Å². The third kappa shape index (κ3) is 6.01. The van der Waals surface area contributed by atoms with E-state index in [1.165, 1.54) is 0 Å². The average Bonchev–Trinajstić information content (AvgIpc) is 2.07. The van der Waals surface area contributed by atoms with Gasteiger partial charge in [-0.1, -0.05) is 30.3 Å². The van der Waals surface area contributed by atoms with Gasteiger partial charge in [0, 0.05) is 0 Å². The molecule has 0 heterocycles. The average molecular weight is 201 g/mol. The highest BCUT2D eigenvalue weighted by Crippen LogP contribution is 2.01. The summed E-state index contributed by atoms with van der Waals surface area (Å²) in [7, 11) is -3.38. The van der Waals surface area contributed by atoms with Crippen LogP contribution in [0.15, 0.2) is 30.3 Å². The van der Waals surface area contributed by atoms with E-state index in [0.29, 0.717) is 0 Å². The third-order valence-electron chi connectivity index (χ3n) is 1.21. The van der Waals surface area contributed by atoms with Crippen molar-refractivity contribution < 1.29 is 13.2 Å². The Balaban J connectivity index is 0.000000671. The Morgan fingerprint density at radius 2 is 1.62 bits per heavy atom. The highest BCUT2D eigenvalue weighted by atomic mass is 32.2. The molecule has 0 fully saturated rings. The van der Waals surface area contributed by atoms with Crippen LogP contribution in [-0.4, -0.2) is 15.2 Å². The SMILES string of the molecule is C=O.NS(=O)(=O)Cc1ccccc1. The molecule has 1 aromatic rings. The van der Waals surface area contributed by atoms with Gasteiger partial charge in [-0.05, 0) is 5.56 Å². The molecular formula is C8H11NO3S. The number of sulfonamides is 1. The van der Waals surface area contributed by atoms with Crippen LogP contribution in [0.5, 0.6) is 0 Å².